The number of amides is 1. The van der Waals surface area contributed by atoms with E-state index in [1.165, 1.54) is 23.1 Å². The lowest BCUT2D eigenvalue weighted by Gasteiger charge is -2.31. The highest BCUT2D eigenvalue weighted by molar-refractivity contribution is 8.01. The zero-order chi connectivity index (χ0) is 23.3. The number of nitrogens with one attached hydrogen (secondary N) is 1. The Hall–Kier alpha value is -2.71. The maximum atomic E-state index is 12.1. The molecule has 0 aliphatic heterocycles. The van der Waals surface area contributed by atoms with Gasteiger partial charge in [0.05, 0.1) is 12.3 Å². The molecule has 1 amide bonds. The Labute approximate surface area is 197 Å². The van der Waals surface area contributed by atoms with Gasteiger partial charge in [-0.05, 0) is 56.7 Å². The van der Waals surface area contributed by atoms with E-state index in [4.69, 9.17) is 11.3 Å². The van der Waals surface area contributed by atoms with Crippen LogP contribution in [0.2, 0.25) is 0 Å². The van der Waals surface area contributed by atoms with Crippen LogP contribution in [0.3, 0.4) is 0 Å². The van der Waals surface area contributed by atoms with E-state index in [0.717, 1.165) is 31.5 Å². The van der Waals surface area contributed by atoms with Crippen LogP contribution in [0.15, 0.2) is 32.8 Å². The molecule has 0 aliphatic rings. The Kier molecular flexibility index (Phi) is 10.9. The Morgan fingerprint density at radius 1 is 1.34 bits per heavy atom. The first-order valence-corrected chi connectivity index (χ1v) is 12.4. The van der Waals surface area contributed by atoms with Crippen LogP contribution in [0.4, 0.5) is 27.0 Å². The molecule has 0 bridgehead atoms. The monoisotopic (exact) mass is 475 g/mol. The molecule has 2 aromatic rings. The van der Waals surface area contributed by atoms with Crippen molar-refractivity contribution in [2.75, 3.05) is 29.2 Å². The van der Waals surface area contributed by atoms with Crippen molar-refractivity contribution in [3.8, 4) is 0 Å². The van der Waals surface area contributed by atoms with E-state index in [0.29, 0.717) is 26.9 Å². The minimum atomic E-state index is -0.543. The minimum absolute atomic E-state index is 0.272. The first-order valence-electron chi connectivity index (χ1n) is 10.6. The van der Waals surface area contributed by atoms with Gasteiger partial charge in [0.2, 0.25) is 0 Å². The quantitative estimate of drug-likeness (QED) is 0.204. The van der Waals surface area contributed by atoms with Crippen molar-refractivity contribution in [2.24, 2.45) is 10.2 Å². The van der Waals surface area contributed by atoms with Crippen molar-refractivity contribution < 1.29 is 9.53 Å². The molecule has 1 unspecified atom stereocenters. The number of ether oxygens (including phenoxy) is 1. The van der Waals surface area contributed by atoms with Gasteiger partial charge in [0.1, 0.15) is 5.69 Å². The van der Waals surface area contributed by atoms with Crippen LogP contribution in [0.1, 0.15) is 47.0 Å². The van der Waals surface area contributed by atoms with Gasteiger partial charge < -0.3 is 14.5 Å². The maximum Gasteiger partial charge on any atom is 0.411 e. The summed E-state index contributed by atoms with van der Waals surface area (Å²) in [5.74, 6) is 0.283. The minimum Gasteiger partial charge on any atom is -0.450 e. The summed E-state index contributed by atoms with van der Waals surface area (Å²) < 4.78 is 5.72. The molecular formula is C21H29N7O2S2. The molecule has 2 rings (SSSR count). The number of benzene rings is 1. The van der Waals surface area contributed by atoms with E-state index >= 15 is 0 Å². The SMILES string of the molecule is [C-]#[N+]CSc1nnc(N=Nc2ccc(N(CCCC)C(C)CC)cc2NC(=O)OCC)s1. The summed E-state index contributed by atoms with van der Waals surface area (Å²) >= 11 is 2.57. The van der Waals surface area contributed by atoms with E-state index in [1.54, 1.807) is 6.92 Å². The summed E-state index contributed by atoms with van der Waals surface area (Å²) in [6, 6.07) is 6.09. The summed E-state index contributed by atoms with van der Waals surface area (Å²) in [6.45, 7) is 16.3. The van der Waals surface area contributed by atoms with Crippen LogP contribution in [-0.2, 0) is 4.74 Å². The highest BCUT2D eigenvalue weighted by Gasteiger charge is 2.16. The number of thioether (sulfide) groups is 1. The van der Waals surface area contributed by atoms with Crippen LogP contribution in [-0.4, -0.2) is 41.4 Å². The van der Waals surface area contributed by atoms with Gasteiger partial charge in [-0.25, -0.2) is 11.4 Å². The maximum absolute atomic E-state index is 12.1. The lowest BCUT2D eigenvalue weighted by atomic mass is 10.1. The van der Waals surface area contributed by atoms with Gasteiger partial charge in [-0.15, -0.1) is 20.4 Å². The fourth-order valence-electron chi connectivity index (χ4n) is 2.81. The van der Waals surface area contributed by atoms with E-state index in [9.17, 15) is 4.79 Å². The molecule has 0 fully saturated rings. The molecule has 1 aromatic carbocycles. The smallest absolute Gasteiger partial charge is 0.411 e. The van der Waals surface area contributed by atoms with Gasteiger partial charge in [0.25, 0.3) is 11.0 Å². The third-order valence-electron chi connectivity index (χ3n) is 4.59. The van der Waals surface area contributed by atoms with Crippen molar-refractivity contribution in [1.29, 1.82) is 0 Å². The number of hydrogen-bond acceptors (Lipinski definition) is 9. The Morgan fingerprint density at radius 2 is 2.16 bits per heavy atom. The van der Waals surface area contributed by atoms with Crippen molar-refractivity contribution in [2.45, 2.75) is 57.3 Å². The topological polar surface area (TPSA) is 96.4 Å². The van der Waals surface area contributed by atoms with E-state index < -0.39 is 6.09 Å². The molecule has 9 nitrogen and oxygen atoms in total. The molecule has 0 spiro atoms. The van der Waals surface area contributed by atoms with E-state index in [2.05, 4.69) is 56.3 Å². The van der Waals surface area contributed by atoms with Crippen molar-refractivity contribution >= 4 is 51.4 Å². The zero-order valence-electron chi connectivity index (χ0n) is 18.9. The summed E-state index contributed by atoms with van der Waals surface area (Å²) in [7, 11) is 0. The van der Waals surface area contributed by atoms with Crippen LogP contribution in [0, 0.1) is 6.57 Å². The molecule has 172 valence electrons. The highest BCUT2D eigenvalue weighted by atomic mass is 32.2. The van der Waals surface area contributed by atoms with E-state index in [-0.39, 0.29) is 12.5 Å². The number of hydrogen-bond donors (Lipinski definition) is 1. The van der Waals surface area contributed by atoms with Gasteiger partial charge in [-0.3, -0.25) is 5.32 Å². The number of carbonyl (C=O) groups excluding carboxylic acids is 1. The second-order valence-electron chi connectivity index (χ2n) is 6.83. The Balaban J connectivity index is 2.33. The predicted octanol–water partition coefficient (Wildman–Crippen LogP) is 6.90. The number of rotatable bonds is 12. The molecule has 32 heavy (non-hydrogen) atoms. The van der Waals surface area contributed by atoms with Crippen molar-refractivity contribution in [3.05, 3.63) is 29.6 Å². The lowest BCUT2D eigenvalue weighted by Crippen LogP contribution is -2.33. The molecule has 0 saturated heterocycles. The second kappa shape index (κ2) is 13.6. The molecule has 1 aromatic heterocycles. The molecule has 11 heteroatoms. The standard InChI is InChI=1S/C21H29N7O2S2/c1-6-9-12-28(15(4)7-2)16-10-11-17(18(13-16)23-20(29)30-8-3)24-25-19-26-27-21(32-19)31-14-22-5/h10-11,13,15H,6-9,12,14H2,1-4H3,(H,23,29). The largest absolute Gasteiger partial charge is 0.450 e. The lowest BCUT2D eigenvalue weighted by molar-refractivity contribution is 0.168. The number of unbranched alkanes of at least 4 members (excludes halogenated alkanes) is 1. The number of aromatic nitrogens is 2. The normalized spacial score (nSPS) is 11.8. The van der Waals surface area contributed by atoms with Crippen LogP contribution < -0.4 is 10.2 Å². The molecule has 1 atom stereocenters. The fourth-order valence-corrected chi connectivity index (χ4v) is 4.10. The summed E-state index contributed by atoms with van der Waals surface area (Å²) in [5, 5.41) is 19.6. The predicted molar refractivity (Wildman–Crippen MR) is 131 cm³/mol. The van der Waals surface area contributed by atoms with Crippen molar-refractivity contribution in [1.82, 2.24) is 10.2 Å². The molecule has 1 N–H and O–H groups in total. The molecule has 0 aliphatic carbocycles. The number of azo groups is 1. The molecule has 0 radical (unpaired) electrons. The summed E-state index contributed by atoms with van der Waals surface area (Å²) in [4.78, 5) is 17.7. The van der Waals surface area contributed by atoms with Gasteiger partial charge in [-0.1, -0.05) is 31.6 Å². The number of anilines is 2. The number of nitrogens with zero attached hydrogens (tertiary/aromatic N) is 6. The highest BCUT2D eigenvalue weighted by Crippen LogP contribution is 2.34. The van der Waals surface area contributed by atoms with Gasteiger partial charge in [0.15, 0.2) is 4.34 Å². The molecule has 0 saturated carbocycles. The molecular weight excluding hydrogens is 446 g/mol. The van der Waals surface area contributed by atoms with Gasteiger partial charge in [0, 0.05) is 18.3 Å². The number of carbonyl (C=O) groups is 1. The second-order valence-corrected chi connectivity index (χ2v) is 8.98. The van der Waals surface area contributed by atoms with Gasteiger partial charge >= 0.3 is 6.09 Å². The third-order valence-corrected chi connectivity index (χ3v) is 6.38. The third kappa shape index (κ3) is 7.76. The summed E-state index contributed by atoms with van der Waals surface area (Å²) in [5.41, 5.74) is 2.01. The van der Waals surface area contributed by atoms with Crippen molar-refractivity contribution in [3.63, 3.8) is 0 Å². The fraction of sp³-hybridized carbons (Fsp3) is 0.524. The van der Waals surface area contributed by atoms with Gasteiger partial charge in [-0.2, -0.15) is 0 Å². The average Bonchev–Trinajstić information content (AvgIpc) is 3.25. The first-order chi connectivity index (χ1) is 15.5. The summed E-state index contributed by atoms with van der Waals surface area (Å²) in [6.07, 6.45) is 2.65. The molecule has 1 heterocycles. The van der Waals surface area contributed by atoms with Crippen LogP contribution in [0.25, 0.3) is 4.85 Å². The van der Waals surface area contributed by atoms with Crippen LogP contribution >= 0.6 is 23.1 Å². The Bertz CT molecular complexity index is 942. The average molecular weight is 476 g/mol. The van der Waals surface area contributed by atoms with E-state index in [1.807, 2.05) is 18.2 Å². The van der Waals surface area contributed by atoms with Crippen LogP contribution in [0.5, 0.6) is 0 Å². The first kappa shape index (κ1) is 25.5. The Morgan fingerprint density at radius 3 is 2.84 bits per heavy atom. The zero-order valence-corrected chi connectivity index (χ0v) is 20.5.